The van der Waals surface area contributed by atoms with Crippen LogP contribution in [0.2, 0.25) is 52.4 Å². The first-order valence-electron chi connectivity index (χ1n) is 11.9. The van der Waals surface area contributed by atoms with Crippen LogP contribution in [-0.2, 0) is 19.1 Å². The summed E-state index contributed by atoms with van der Waals surface area (Å²) in [6, 6.07) is 0. The van der Waals surface area contributed by atoms with Crippen LogP contribution in [0.1, 0.15) is 26.7 Å². The van der Waals surface area contributed by atoms with Gasteiger partial charge in [-0.25, -0.2) is 0 Å². The van der Waals surface area contributed by atoms with Crippen molar-refractivity contribution in [2.75, 3.05) is 0 Å². The van der Waals surface area contributed by atoms with Crippen LogP contribution in [-0.4, -0.2) is 29.7 Å². The molecule has 0 fully saturated rings. The number of hydrogen-bond acceptors (Lipinski definition) is 0. The summed E-state index contributed by atoms with van der Waals surface area (Å²) in [5.74, 6) is 0.434. The van der Waals surface area contributed by atoms with Crippen molar-refractivity contribution in [2.24, 2.45) is 5.92 Å². The summed E-state index contributed by atoms with van der Waals surface area (Å²) >= 11 is -2.81. The van der Waals surface area contributed by atoms with E-state index in [1.54, 1.807) is 21.1 Å². The fraction of sp³-hybridized carbons (Fsp3) is 0.500. The topological polar surface area (TPSA) is 0 Å². The molecule has 0 aliphatic heterocycles. The molecule has 0 heterocycles. The van der Waals surface area contributed by atoms with Crippen LogP contribution < -0.4 is 0 Å². The van der Waals surface area contributed by atoms with Crippen molar-refractivity contribution in [2.45, 2.75) is 79.1 Å². The molecule has 32 heavy (non-hydrogen) atoms. The van der Waals surface area contributed by atoms with Crippen LogP contribution >= 0.6 is 17.2 Å². The first-order chi connectivity index (χ1) is 14.7. The van der Waals surface area contributed by atoms with E-state index in [0.717, 1.165) is 12.8 Å². The second kappa shape index (κ2) is 9.81. The standard InChI is InChI=1S/C26H39Si3.2ClH.Hf/c1-11-19-15-20-13-12-14-22(27(3)4)18(2)25(20)26(19)21-16-23(28(5,6)7)24(17-21)29(8,9)10;;;/h12-14,16,18H,11,17H2,1-10H3;2*1H;/q;;;+2/p-2. The first-order valence-corrected chi connectivity index (χ1v) is 32.1. The predicted octanol–water partition coefficient (Wildman–Crippen LogP) is 8.91. The average Bonchev–Trinajstić information content (AvgIpc) is 3.19. The minimum atomic E-state index is -2.81. The van der Waals surface area contributed by atoms with Gasteiger partial charge in [-0.3, -0.25) is 0 Å². The van der Waals surface area contributed by atoms with Gasteiger partial charge in [0.2, 0.25) is 0 Å². The van der Waals surface area contributed by atoms with E-state index >= 15 is 0 Å². The number of allylic oxidation sites excluding steroid dienone is 12. The molecule has 0 radical (unpaired) electrons. The Bertz CT molecular complexity index is 1050. The van der Waals surface area contributed by atoms with Crippen molar-refractivity contribution in [3.05, 3.63) is 65.9 Å². The molecule has 0 aromatic heterocycles. The molecule has 6 heteroatoms. The zero-order chi connectivity index (χ0) is 24.2. The van der Waals surface area contributed by atoms with Gasteiger partial charge in [-0.15, -0.1) is 0 Å². The number of rotatable bonds is 5. The van der Waals surface area contributed by atoms with Crippen LogP contribution in [0.5, 0.6) is 0 Å². The monoisotopic (exact) mass is 685 g/mol. The molecule has 0 amide bonds. The third-order valence-electron chi connectivity index (χ3n) is 7.04. The Balaban J connectivity index is 2.31. The summed E-state index contributed by atoms with van der Waals surface area (Å²) in [6.45, 7) is 24.7. The summed E-state index contributed by atoms with van der Waals surface area (Å²) in [4.78, 5) is 0. The molecule has 3 rings (SSSR count). The maximum atomic E-state index is 6.86. The van der Waals surface area contributed by atoms with Gasteiger partial charge in [0.05, 0.1) is 0 Å². The Labute approximate surface area is 215 Å². The molecule has 1 unspecified atom stereocenters. The van der Waals surface area contributed by atoms with Gasteiger partial charge in [0.1, 0.15) is 0 Å². The third-order valence-corrected chi connectivity index (χ3v) is 19.9. The van der Waals surface area contributed by atoms with Gasteiger partial charge in [-0.1, -0.05) is 0 Å². The minimum absolute atomic E-state index is 0.434. The van der Waals surface area contributed by atoms with Crippen molar-refractivity contribution in [3.63, 3.8) is 0 Å². The molecule has 0 saturated heterocycles. The molecule has 0 spiro atoms. The van der Waals surface area contributed by atoms with E-state index in [1.165, 1.54) is 25.6 Å². The van der Waals surface area contributed by atoms with Gasteiger partial charge < -0.3 is 0 Å². The maximum absolute atomic E-state index is 6.86. The predicted molar refractivity (Wildman–Crippen MR) is 151 cm³/mol. The van der Waals surface area contributed by atoms with E-state index < -0.39 is 43.6 Å². The number of fused-ring (bicyclic) bond motifs is 1. The van der Waals surface area contributed by atoms with Crippen molar-refractivity contribution >= 4 is 46.9 Å². The normalized spacial score (nSPS) is 21.9. The van der Waals surface area contributed by atoms with Gasteiger partial charge in [0, 0.05) is 0 Å². The summed E-state index contributed by atoms with van der Waals surface area (Å²) < 4.78 is 1.36. The molecule has 3 aliphatic rings. The number of hydrogen-bond donors (Lipinski definition) is 0. The summed E-state index contributed by atoms with van der Waals surface area (Å²) in [7, 11) is 10.4. The van der Waals surface area contributed by atoms with Crippen LogP contribution in [0.15, 0.2) is 65.9 Å². The van der Waals surface area contributed by atoms with Crippen LogP contribution in [0.4, 0.5) is 0 Å². The van der Waals surface area contributed by atoms with E-state index in [1.807, 2.05) is 0 Å². The van der Waals surface area contributed by atoms with Crippen molar-refractivity contribution in [1.29, 1.82) is 0 Å². The Morgan fingerprint density at radius 2 is 1.69 bits per heavy atom. The first kappa shape index (κ1) is 27.0. The third kappa shape index (κ3) is 5.02. The molecule has 0 saturated carbocycles. The zero-order valence-electron chi connectivity index (χ0n) is 21.6. The van der Waals surface area contributed by atoms with Crippen molar-refractivity contribution in [1.82, 2.24) is 0 Å². The zero-order valence-corrected chi connectivity index (χ0v) is 29.7. The molecule has 0 nitrogen and oxygen atoms in total. The average molecular weight is 685 g/mol. The molecule has 0 bridgehead atoms. The van der Waals surface area contributed by atoms with E-state index in [9.17, 15) is 0 Å². The van der Waals surface area contributed by atoms with Gasteiger partial charge in [-0.2, -0.15) is 0 Å². The Morgan fingerprint density at radius 1 is 1.06 bits per heavy atom. The van der Waals surface area contributed by atoms with Crippen LogP contribution in [0.25, 0.3) is 0 Å². The molecule has 1 atom stereocenters. The van der Waals surface area contributed by atoms with E-state index in [0.29, 0.717) is 5.92 Å². The van der Waals surface area contributed by atoms with E-state index in [4.69, 9.17) is 17.2 Å². The summed E-state index contributed by atoms with van der Waals surface area (Å²) in [5, 5.41) is 5.11. The van der Waals surface area contributed by atoms with Gasteiger partial charge in [0.25, 0.3) is 0 Å². The van der Waals surface area contributed by atoms with Crippen molar-refractivity contribution in [3.8, 4) is 0 Å². The second-order valence-electron chi connectivity index (χ2n) is 11.6. The van der Waals surface area contributed by atoms with Crippen LogP contribution in [0, 0.1) is 5.92 Å². The molecular formula is C26H39Cl2HfSi3. The van der Waals surface area contributed by atoms with E-state index in [-0.39, 0.29) is 0 Å². The number of halogens is 2. The second-order valence-corrected chi connectivity index (χ2v) is 35.8. The van der Waals surface area contributed by atoms with Gasteiger partial charge >= 0.3 is 217 Å². The van der Waals surface area contributed by atoms with Gasteiger partial charge in [0.15, 0.2) is 0 Å². The summed E-state index contributed by atoms with van der Waals surface area (Å²) in [5.41, 5.74) is 7.47. The summed E-state index contributed by atoms with van der Waals surface area (Å²) in [6.07, 6.45) is 11.8. The molecule has 3 aliphatic carbocycles. The quantitative estimate of drug-likeness (QED) is 0.254. The molecule has 0 N–H and O–H groups in total. The van der Waals surface area contributed by atoms with Crippen LogP contribution in [0.3, 0.4) is 0 Å². The Morgan fingerprint density at radius 3 is 2.12 bits per heavy atom. The molecule has 173 valence electrons. The Hall–Kier alpha value is 0.411. The van der Waals surface area contributed by atoms with Crippen molar-refractivity contribution < 1.29 is 19.1 Å². The molecular weight excluding hydrogens is 646 g/mol. The fourth-order valence-corrected chi connectivity index (χ4v) is 19.4. The van der Waals surface area contributed by atoms with Gasteiger partial charge in [-0.05, 0) is 0 Å². The molecule has 0 aromatic carbocycles. The Kier molecular flexibility index (Phi) is 8.28. The SMILES string of the molecule is CCC1=[C]([Hf]([Cl])[Cl])C2=CC=CC(=[Si](C)C)C(C)C2=C1C1=CC([Si](C)(C)C)=C([Si](C)(C)C)C1. The molecule has 0 aromatic rings. The van der Waals surface area contributed by atoms with E-state index in [2.05, 4.69) is 90.5 Å². The fourth-order valence-electron chi connectivity index (χ4n) is 5.52.